The summed E-state index contributed by atoms with van der Waals surface area (Å²) in [5, 5.41) is 28.1. The van der Waals surface area contributed by atoms with Crippen LogP contribution in [0.15, 0.2) is 144 Å². The molecule has 434 valence electrons. The van der Waals surface area contributed by atoms with Crippen LogP contribution in [-0.2, 0) is 72.4 Å². The number of nitrogens with one attached hydrogen (secondary N) is 12. The van der Waals surface area contributed by atoms with Crippen molar-refractivity contribution in [2.75, 3.05) is 79.2 Å². The van der Waals surface area contributed by atoms with Crippen molar-refractivity contribution in [2.24, 2.45) is 0 Å². The van der Waals surface area contributed by atoms with Crippen LogP contribution in [0.25, 0.3) is 0 Å². The number of aromatic nitrogens is 2. The Morgan fingerprint density at radius 1 is 0.451 bits per heavy atom. The standard InChI is InChI=1S/C48H52N14O16S4/c1-79(71,72)59-41-25-35(57-81(75,76)37-13-7-33(8-14-37)51-43(65)29-61-21-3-5-31(27-61)45(67)49-19-23-63)11-17-39(41)53-55-47(69)48(70)56-54-40-18-12-36(26-42(40)60-80(2,73)74)58-82(77,78)38-15-9-34(10-16-38)52-44(66)30-62-22-4-6-32(28-62)46(68)50-20-24-64/h3-18,21-22,25-28,63-64H,19-20,23-24,29-30H2,1-2H3,(H10-2,49,50,51,52,53,54,55,56,57,58,59,60,65,66,67,68,69,70)/p+2. The summed E-state index contributed by atoms with van der Waals surface area (Å²) in [5.74, 6) is -4.72. The third-order valence-corrected chi connectivity index (χ3v) is 14.5. The van der Waals surface area contributed by atoms with Crippen LogP contribution in [0.5, 0.6) is 0 Å². The summed E-state index contributed by atoms with van der Waals surface area (Å²) in [6, 6.07) is 23.0. The average molecular weight is 1210 g/mol. The fourth-order valence-electron chi connectivity index (χ4n) is 7.01. The molecule has 4 aromatic carbocycles. The maximum absolute atomic E-state index is 13.4. The molecule has 0 aliphatic carbocycles. The molecular formula is C48H54N14O16S4+2. The Morgan fingerprint density at radius 3 is 1.15 bits per heavy atom. The molecule has 0 aliphatic heterocycles. The summed E-state index contributed by atoms with van der Waals surface area (Å²) in [7, 11) is -16.8. The summed E-state index contributed by atoms with van der Waals surface area (Å²) in [5.41, 5.74) is 8.42. The van der Waals surface area contributed by atoms with Crippen molar-refractivity contribution in [3.05, 3.63) is 145 Å². The molecule has 0 fully saturated rings. The largest absolute Gasteiger partial charge is 0.395 e. The zero-order valence-corrected chi connectivity index (χ0v) is 46.3. The van der Waals surface area contributed by atoms with Gasteiger partial charge in [-0.25, -0.2) is 33.7 Å². The lowest BCUT2D eigenvalue weighted by molar-refractivity contribution is -0.684. The number of amides is 6. The molecule has 6 rings (SSSR count). The highest BCUT2D eigenvalue weighted by atomic mass is 32.2. The Morgan fingerprint density at radius 2 is 0.805 bits per heavy atom. The molecule has 2 heterocycles. The number of benzene rings is 4. The molecule has 6 aromatic rings. The van der Waals surface area contributed by atoms with Gasteiger partial charge in [-0.2, -0.15) is 9.13 Å². The number of pyridine rings is 2. The number of nitrogens with zero attached hydrogens (tertiary/aromatic N) is 2. The van der Waals surface area contributed by atoms with Crippen LogP contribution in [0.4, 0.5) is 45.5 Å². The van der Waals surface area contributed by atoms with E-state index >= 15 is 0 Å². The minimum absolute atomic E-state index is 0.0441. The number of sulfonamides is 4. The minimum Gasteiger partial charge on any atom is -0.395 e. The number of aliphatic hydroxyl groups excluding tert-OH is 2. The second-order valence-corrected chi connectivity index (χ2v) is 24.1. The lowest BCUT2D eigenvalue weighted by atomic mass is 10.2. The van der Waals surface area contributed by atoms with Crippen molar-refractivity contribution in [3.8, 4) is 0 Å². The number of hydrazine groups is 2. The lowest BCUT2D eigenvalue weighted by Crippen LogP contribution is -2.44. The van der Waals surface area contributed by atoms with E-state index in [1.165, 1.54) is 94.3 Å². The van der Waals surface area contributed by atoms with Crippen LogP contribution >= 0.6 is 0 Å². The Labute approximate surface area is 469 Å². The number of carbonyl (C=O) groups excluding carboxylic acids is 6. The number of rotatable bonds is 26. The topological polar surface area (TPSA) is 432 Å². The van der Waals surface area contributed by atoms with E-state index in [-0.39, 0.29) is 106 Å². The van der Waals surface area contributed by atoms with Crippen LogP contribution in [-0.4, -0.2) is 118 Å². The van der Waals surface area contributed by atoms with Gasteiger partial charge >= 0.3 is 11.8 Å². The minimum atomic E-state index is -4.36. The second-order valence-electron chi connectivity index (χ2n) is 17.3. The van der Waals surface area contributed by atoms with Crippen LogP contribution in [0.2, 0.25) is 0 Å². The smallest absolute Gasteiger partial charge is 0.329 e. The van der Waals surface area contributed by atoms with Crippen molar-refractivity contribution in [1.29, 1.82) is 0 Å². The SMILES string of the molecule is CS(=O)(=O)Nc1cc(NS(=O)(=O)c2ccc(NC(=O)C[n+]3cccc(C(=O)NCCO)c3)cc2)ccc1NNC(=O)C(=O)NNc1ccc(NS(=O)(=O)c2ccc(NC(=O)C[n+]3cccc(C(=O)NCCO)c3)cc2)cc1NS(C)(=O)=O. The van der Waals surface area contributed by atoms with Crippen molar-refractivity contribution < 1.29 is 81.8 Å². The number of carbonyl (C=O) groups is 6. The van der Waals surface area contributed by atoms with E-state index in [4.69, 9.17) is 10.2 Å². The molecule has 30 nitrogen and oxygen atoms in total. The summed E-state index contributed by atoms with van der Waals surface area (Å²) >= 11 is 0. The molecule has 82 heavy (non-hydrogen) atoms. The fraction of sp³-hybridized carbons (Fsp3) is 0.167. The first-order chi connectivity index (χ1) is 38.7. The van der Waals surface area contributed by atoms with Crippen LogP contribution in [0.1, 0.15) is 20.7 Å². The summed E-state index contributed by atoms with van der Waals surface area (Å²) in [6.07, 6.45) is 7.55. The Hall–Kier alpha value is -9.48. The average Bonchev–Trinajstić information content (AvgIpc) is 3.44. The van der Waals surface area contributed by atoms with Crippen molar-refractivity contribution in [2.45, 2.75) is 22.9 Å². The molecular weight excluding hydrogens is 1160 g/mol. The van der Waals surface area contributed by atoms with Crippen molar-refractivity contribution in [3.63, 3.8) is 0 Å². The summed E-state index contributed by atoms with van der Waals surface area (Å²) < 4.78 is 115. The normalized spacial score (nSPS) is 11.4. The molecule has 34 heteroatoms. The molecule has 0 radical (unpaired) electrons. The van der Waals surface area contributed by atoms with Crippen molar-refractivity contribution in [1.82, 2.24) is 21.5 Å². The van der Waals surface area contributed by atoms with E-state index in [9.17, 15) is 62.4 Å². The Bertz CT molecular complexity index is 3610. The highest BCUT2D eigenvalue weighted by Gasteiger charge is 2.22. The highest BCUT2D eigenvalue weighted by molar-refractivity contribution is 7.93. The molecule has 0 aliphatic rings. The summed E-state index contributed by atoms with van der Waals surface area (Å²) in [6.45, 7) is -0.834. The molecule has 0 unspecified atom stereocenters. The van der Waals surface area contributed by atoms with Crippen LogP contribution in [0.3, 0.4) is 0 Å². The predicted octanol–water partition coefficient (Wildman–Crippen LogP) is -1.09. The van der Waals surface area contributed by atoms with Gasteiger partial charge in [-0.1, -0.05) is 0 Å². The van der Waals surface area contributed by atoms with Gasteiger partial charge in [0.15, 0.2) is 24.8 Å². The quantitative estimate of drug-likeness (QED) is 0.0174. The molecule has 0 saturated heterocycles. The van der Waals surface area contributed by atoms with Crippen LogP contribution < -0.4 is 71.0 Å². The van der Waals surface area contributed by atoms with Gasteiger partial charge in [0.05, 0.1) is 69.6 Å². The number of hydrogen-bond donors (Lipinski definition) is 14. The molecule has 0 atom stereocenters. The van der Waals surface area contributed by atoms with Gasteiger partial charge in [0.1, 0.15) is 11.1 Å². The van der Waals surface area contributed by atoms with E-state index in [0.717, 1.165) is 36.8 Å². The molecule has 14 N–H and O–H groups in total. The monoisotopic (exact) mass is 1210 g/mol. The van der Waals surface area contributed by atoms with Gasteiger partial charge in [0, 0.05) is 36.6 Å². The van der Waals surface area contributed by atoms with Gasteiger partial charge < -0.3 is 31.5 Å². The van der Waals surface area contributed by atoms with Crippen LogP contribution in [0, 0.1) is 0 Å². The van der Waals surface area contributed by atoms with E-state index in [2.05, 4.69) is 51.0 Å². The van der Waals surface area contributed by atoms with Gasteiger partial charge in [-0.15, -0.1) is 0 Å². The number of hydrogen-bond acceptors (Lipinski definition) is 18. The third kappa shape index (κ3) is 18.8. The molecule has 0 bridgehead atoms. The molecule has 2 aromatic heterocycles. The van der Waals surface area contributed by atoms with E-state index in [1.807, 2.05) is 10.9 Å². The van der Waals surface area contributed by atoms with E-state index in [1.54, 1.807) is 24.5 Å². The van der Waals surface area contributed by atoms with Gasteiger partial charge in [0.25, 0.3) is 43.7 Å². The summed E-state index contributed by atoms with van der Waals surface area (Å²) in [4.78, 5) is 75.3. The predicted molar refractivity (Wildman–Crippen MR) is 297 cm³/mol. The van der Waals surface area contributed by atoms with Gasteiger partial charge in [0.2, 0.25) is 33.1 Å². The third-order valence-electron chi connectivity index (χ3n) is 10.5. The maximum Gasteiger partial charge on any atom is 0.329 e. The van der Waals surface area contributed by atoms with Gasteiger partial charge in [-0.05, 0) is 97.1 Å². The zero-order valence-electron chi connectivity index (χ0n) is 43.1. The first kappa shape index (κ1) is 61.7. The maximum atomic E-state index is 13.4. The van der Waals surface area contributed by atoms with E-state index < -0.39 is 75.5 Å². The van der Waals surface area contributed by atoms with E-state index in [0.29, 0.717) is 0 Å². The number of aliphatic hydroxyl groups is 2. The zero-order chi connectivity index (χ0) is 59.8. The Kier molecular flexibility index (Phi) is 20.4. The first-order valence-corrected chi connectivity index (χ1v) is 30.4. The lowest BCUT2D eigenvalue weighted by Gasteiger charge is -2.17. The molecule has 0 saturated carbocycles. The Balaban J connectivity index is 1.04. The van der Waals surface area contributed by atoms with Crippen molar-refractivity contribution >= 4 is 121 Å². The molecule has 0 spiro atoms. The number of anilines is 8. The van der Waals surface area contributed by atoms with Gasteiger partial charge in [-0.3, -0.25) is 69.4 Å². The molecule has 6 amide bonds. The first-order valence-electron chi connectivity index (χ1n) is 23.7. The second kappa shape index (κ2) is 27.1. The fourth-order valence-corrected chi connectivity index (χ4v) is 10.2. The highest BCUT2D eigenvalue weighted by Crippen LogP contribution is 2.30.